The molecule has 22 heavy (non-hydrogen) atoms. The highest BCUT2D eigenvalue weighted by Crippen LogP contribution is 1.99. The molecule has 0 aromatic rings. The minimum Gasteiger partial charge on any atom is -0.480 e. The van der Waals surface area contributed by atoms with Crippen molar-refractivity contribution >= 4 is 18.2 Å². The second kappa shape index (κ2) is 14.4. The van der Waals surface area contributed by atoms with E-state index < -0.39 is 30.1 Å². The van der Waals surface area contributed by atoms with Crippen molar-refractivity contribution in [1.29, 1.82) is 0 Å². The first kappa shape index (κ1) is 22.7. The standard InChI is InChI=1S/C6H14N2O3.C6H11NO4/c7-3-4(9)1-2-5(8)6(10)11;8-4-2-1-3-5(7-11)6(9)10/h4-5,9H,1-3,7-8H2,(H,10,11);4-5,7,11H,1-3H2,(H,9,10)/t4-,5+;5-/m10/s1. The van der Waals surface area contributed by atoms with Gasteiger partial charge in [-0.1, -0.05) is 0 Å². The van der Waals surface area contributed by atoms with Crippen LogP contribution in [0.4, 0.5) is 0 Å². The molecule has 0 aliphatic carbocycles. The van der Waals surface area contributed by atoms with Gasteiger partial charge in [0.05, 0.1) is 6.10 Å². The van der Waals surface area contributed by atoms with Crippen LogP contribution in [0.15, 0.2) is 0 Å². The maximum absolute atomic E-state index is 10.2. The minimum atomic E-state index is -1.11. The van der Waals surface area contributed by atoms with Gasteiger partial charge in [0.15, 0.2) is 0 Å². The summed E-state index contributed by atoms with van der Waals surface area (Å²) in [7, 11) is 0. The number of aliphatic hydroxyl groups is 1. The Morgan fingerprint density at radius 1 is 1.14 bits per heavy atom. The Morgan fingerprint density at radius 3 is 2.09 bits per heavy atom. The summed E-state index contributed by atoms with van der Waals surface area (Å²) in [6, 6.07) is -1.86. The Labute approximate surface area is 128 Å². The van der Waals surface area contributed by atoms with Gasteiger partial charge in [0.2, 0.25) is 0 Å². The lowest BCUT2D eigenvalue weighted by molar-refractivity contribution is -0.142. The van der Waals surface area contributed by atoms with Gasteiger partial charge < -0.3 is 36.8 Å². The van der Waals surface area contributed by atoms with Crippen molar-refractivity contribution in [2.24, 2.45) is 11.5 Å². The van der Waals surface area contributed by atoms with Gasteiger partial charge in [0.1, 0.15) is 18.4 Å². The van der Waals surface area contributed by atoms with Crippen LogP contribution in [0.1, 0.15) is 32.1 Å². The van der Waals surface area contributed by atoms with E-state index in [1.165, 1.54) is 0 Å². The third-order valence-corrected chi connectivity index (χ3v) is 2.67. The highest BCUT2D eigenvalue weighted by atomic mass is 16.5. The molecular weight excluding hydrogens is 298 g/mol. The highest BCUT2D eigenvalue weighted by Gasteiger charge is 2.14. The van der Waals surface area contributed by atoms with Crippen LogP contribution >= 0.6 is 0 Å². The van der Waals surface area contributed by atoms with Crippen molar-refractivity contribution in [2.75, 3.05) is 6.54 Å². The molecule has 0 spiro atoms. The average molecular weight is 323 g/mol. The lowest BCUT2D eigenvalue weighted by Crippen LogP contribution is -2.34. The number of unbranched alkanes of at least 4 members (excludes halogenated alkanes) is 1. The number of hydrogen-bond acceptors (Lipinski definition) is 8. The number of hydrogen-bond donors (Lipinski definition) is 7. The number of aliphatic carboxylic acids is 2. The number of carbonyl (C=O) groups excluding carboxylic acids is 1. The van der Waals surface area contributed by atoms with E-state index in [1.54, 1.807) is 5.48 Å². The second-order valence-corrected chi connectivity index (χ2v) is 4.53. The first-order chi connectivity index (χ1) is 10.3. The first-order valence-corrected chi connectivity index (χ1v) is 6.72. The molecule has 0 unspecified atom stereocenters. The Balaban J connectivity index is 0. The zero-order chi connectivity index (χ0) is 17.5. The van der Waals surface area contributed by atoms with E-state index >= 15 is 0 Å². The molecule has 10 nitrogen and oxygen atoms in total. The number of carboxylic acids is 2. The van der Waals surface area contributed by atoms with E-state index in [0.717, 1.165) is 6.29 Å². The van der Waals surface area contributed by atoms with E-state index in [0.29, 0.717) is 19.3 Å². The lowest BCUT2D eigenvalue weighted by Gasteiger charge is -2.09. The second-order valence-electron chi connectivity index (χ2n) is 4.53. The Bertz CT molecular complexity index is 328. The van der Waals surface area contributed by atoms with Crippen LogP contribution in [-0.4, -0.2) is 63.5 Å². The number of nitrogens with one attached hydrogen (secondary N) is 1. The molecule has 0 heterocycles. The molecule has 0 aliphatic heterocycles. The summed E-state index contributed by atoms with van der Waals surface area (Å²) in [5.74, 6) is -2.16. The Hall–Kier alpha value is -1.59. The summed E-state index contributed by atoms with van der Waals surface area (Å²) < 4.78 is 0. The topological polar surface area (TPSA) is 196 Å². The number of aldehydes is 1. The molecular formula is C12H25N3O7. The number of nitrogens with two attached hydrogens (primary N) is 2. The van der Waals surface area contributed by atoms with Crippen LogP contribution in [0.2, 0.25) is 0 Å². The van der Waals surface area contributed by atoms with Crippen LogP contribution < -0.4 is 16.9 Å². The van der Waals surface area contributed by atoms with Crippen molar-refractivity contribution < 1.29 is 34.9 Å². The molecule has 0 aliphatic rings. The van der Waals surface area contributed by atoms with Gasteiger partial charge in [0.25, 0.3) is 0 Å². The van der Waals surface area contributed by atoms with E-state index in [9.17, 15) is 14.4 Å². The summed E-state index contributed by atoms with van der Waals surface area (Å²) >= 11 is 0. The molecule has 3 atom stereocenters. The van der Waals surface area contributed by atoms with Crippen molar-refractivity contribution in [1.82, 2.24) is 5.48 Å². The molecule has 0 saturated heterocycles. The fourth-order valence-corrected chi connectivity index (χ4v) is 1.26. The summed E-state index contributed by atoms with van der Waals surface area (Å²) in [6.07, 6.45) is 1.72. The predicted molar refractivity (Wildman–Crippen MR) is 76.2 cm³/mol. The van der Waals surface area contributed by atoms with E-state index in [1.807, 2.05) is 0 Å². The van der Waals surface area contributed by atoms with Gasteiger partial charge >= 0.3 is 11.9 Å². The zero-order valence-electron chi connectivity index (χ0n) is 12.2. The molecule has 0 aromatic heterocycles. The summed E-state index contributed by atoms with van der Waals surface area (Å²) in [4.78, 5) is 30.2. The summed E-state index contributed by atoms with van der Waals surface area (Å²) in [5, 5.41) is 33.9. The molecule has 10 heteroatoms. The van der Waals surface area contributed by atoms with Gasteiger partial charge in [-0.3, -0.25) is 9.59 Å². The van der Waals surface area contributed by atoms with Crippen molar-refractivity contribution in [3.8, 4) is 0 Å². The van der Waals surface area contributed by atoms with Crippen molar-refractivity contribution in [3.05, 3.63) is 0 Å². The molecule has 0 fully saturated rings. The molecule has 0 radical (unpaired) electrons. The van der Waals surface area contributed by atoms with Crippen LogP contribution in [-0.2, 0) is 14.4 Å². The van der Waals surface area contributed by atoms with Gasteiger partial charge in [-0.25, -0.2) is 0 Å². The maximum atomic E-state index is 10.2. The molecule has 9 N–H and O–H groups in total. The quantitative estimate of drug-likeness (QED) is 0.130. The molecule has 0 bridgehead atoms. The van der Waals surface area contributed by atoms with Crippen molar-refractivity contribution in [2.45, 2.75) is 50.3 Å². The normalized spacial score (nSPS) is 14.2. The monoisotopic (exact) mass is 323 g/mol. The predicted octanol–water partition coefficient (Wildman–Crippen LogP) is -1.71. The zero-order valence-corrected chi connectivity index (χ0v) is 12.2. The molecule has 0 amide bonds. The van der Waals surface area contributed by atoms with Crippen LogP contribution in [0, 0.1) is 0 Å². The number of carboxylic acid groups (broad SMARTS) is 2. The van der Waals surface area contributed by atoms with E-state index in [-0.39, 0.29) is 19.4 Å². The number of carbonyl (C=O) groups is 3. The fourth-order valence-electron chi connectivity index (χ4n) is 1.26. The Kier molecular flexibility index (Phi) is 14.8. The van der Waals surface area contributed by atoms with E-state index in [2.05, 4.69) is 0 Å². The average Bonchev–Trinajstić information content (AvgIpc) is 2.48. The summed E-state index contributed by atoms with van der Waals surface area (Å²) in [5.41, 5.74) is 11.9. The SMILES string of the molecule is NC[C@H](O)CC[C@H](N)C(=O)O.O=CCCC[C@H](NO)C(=O)O. The third-order valence-electron chi connectivity index (χ3n) is 2.67. The maximum Gasteiger partial charge on any atom is 0.323 e. The van der Waals surface area contributed by atoms with Crippen molar-refractivity contribution in [3.63, 3.8) is 0 Å². The number of rotatable bonds is 11. The lowest BCUT2D eigenvalue weighted by atomic mass is 10.1. The molecule has 0 saturated carbocycles. The van der Waals surface area contributed by atoms with Crippen LogP contribution in [0.5, 0.6) is 0 Å². The number of aliphatic hydroxyl groups excluding tert-OH is 1. The third kappa shape index (κ3) is 13.4. The number of hydroxylamine groups is 1. The highest BCUT2D eigenvalue weighted by molar-refractivity contribution is 5.73. The van der Waals surface area contributed by atoms with E-state index in [4.69, 9.17) is 32.0 Å². The molecule has 0 rings (SSSR count). The van der Waals surface area contributed by atoms with Gasteiger partial charge in [-0.15, -0.1) is 0 Å². The van der Waals surface area contributed by atoms with Crippen LogP contribution in [0.3, 0.4) is 0 Å². The first-order valence-electron chi connectivity index (χ1n) is 6.72. The van der Waals surface area contributed by atoms with Crippen LogP contribution in [0.25, 0.3) is 0 Å². The molecule has 0 aromatic carbocycles. The Morgan fingerprint density at radius 2 is 1.73 bits per heavy atom. The van der Waals surface area contributed by atoms with Gasteiger partial charge in [0, 0.05) is 13.0 Å². The smallest absolute Gasteiger partial charge is 0.323 e. The molecule has 130 valence electrons. The fraction of sp³-hybridized carbons (Fsp3) is 0.750. The minimum absolute atomic E-state index is 0.145. The summed E-state index contributed by atoms with van der Waals surface area (Å²) in [6.45, 7) is 0.145. The largest absolute Gasteiger partial charge is 0.480 e. The van der Waals surface area contributed by atoms with Gasteiger partial charge in [-0.05, 0) is 25.7 Å². The van der Waals surface area contributed by atoms with Gasteiger partial charge in [-0.2, -0.15) is 5.48 Å².